The van der Waals surface area contributed by atoms with Crippen LogP contribution in [0.25, 0.3) is 10.8 Å². The van der Waals surface area contributed by atoms with Crippen LogP contribution in [-0.2, 0) is 20.2 Å². The fourth-order valence-electron chi connectivity index (χ4n) is 4.24. The highest BCUT2D eigenvalue weighted by atomic mass is 32.2. The molecule has 0 aliphatic rings. The second kappa shape index (κ2) is 14.2. The molecular weight excluding hydrogens is 608 g/mol. The first-order valence-electron chi connectivity index (χ1n) is 13.5. The van der Waals surface area contributed by atoms with Gasteiger partial charge in [0.2, 0.25) is 0 Å². The number of esters is 1. The summed E-state index contributed by atoms with van der Waals surface area (Å²) in [6.07, 6.45) is 0. The Kier molecular flexibility index (Phi) is 11.1. The summed E-state index contributed by atoms with van der Waals surface area (Å²) in [4.78, 5) is 13.7. The molecule has 11 nitrogen and oxygen atoms in total. The average molecular weight is 645 g/mol. The Morgan fingerprint density at radius 2 is 1.39 bits per heavy atom. The van der Waals surface area contributed by atoms with Crippen molar-refractivity contribution in [3.63, 3.8) is 0 Å². The molecule has 236 valence electrons. The van der Waals surface area contributed by atoms with Crippen LogP contribution in [0, 0.1) is 6.92 Å². The summed E-state index contributed by atoms with van der Waals surface area (Å²) >= 11 is 0. The number of likely N-dealkylation sites (N-methyl/N-ethyl adjacent to an activating group) is 1. The highest BCUT2D eigenvalue weighted by Gasteiger charge is 2.20. The number of carbonyl (C=O) groups is 1. The highest BCUT2D eigenvalue weighted by Crippen LogP contribution is 2.34. The molecule has 0 unspecified atom stereocenters. The minimum atomic E-state index is -4.47. The summed E-state index contributed by atoms with van der Waals surface area (Å²) in [5.74, 6) is 1.15. The van der Waals surface area contributed by atoms with E-state index in [2.05, 4.69) is 18.7 Å². The van der Waals surface area contributed by atoms with Gasteiger partial charge in [0, 0.05) is 28.6 Å². The van der Waals surface area contributed by atoms with Crippen molar-refractivity contribution in [1.29, 1.82) is 0 Å². The topological polar surface area (TPSA) is 174 Å². The smallest absolute Gasteiger partial charge is 0.345 e. The number of nitrogens with two attached hydrogens (primary N) is 1. The number of para-hydroxylation sites is 1. The third-order valence-corrected chi connectivity index (χ3v) is 8.33. The van der Waals surface area contributed by atoms with E-state index in [-0.39, 0.29) is 16.7 Å². The van der Waals surface area contributed by atoms with Crippen LogP contribution < -0.4 is 15.2 Å². The number of hydrogen-bond acceptors (Lipinski definition) is 9. The van der Waals surface area contributed by atoms with E-state index >= 15 is 0 Å². The molecule has 4 aromatic carbocycles. The molecule has 13 heteroatoms. The maximum atomic E-state index is 12.5. The Morgan fingerprint density at radius 3 is 1.86 bits per heavy atom. The number of nitrogen functional groups attached to an aromatic ring is 1. The molecule has 0 atom stereocenters. The molecule has 0 spiro atoms. The van der Waals surface area contributed by atoms with Crippen LogP contribution in [-0.4, -0.2) is 64.1 Å². The van der Waals surface area contributed by atoms with Crippen LogP contribution in [0.2, 0.25) is 0 Å². The van der Waals surface area contributed by atoms with Gasteiger partial charge in [0.15, 0.2) is 0 Å². The molecule has 0 aliphatic heterocycles. The van der Waals surface area contributed by atoms with Gasteiger partial charge >= 0.3 is 5.97 Å². The minimum absolute atomic E-state index is 0.0233. The maximum Gasteiger partial charge on any atom is 0.345 e. The second-order valence-corrected chi connectivity index (χ2v) is 13.3. The Bertz CT molecular complexity index is 1800. The van der Waals surface area contributed by atoms with E-state index in [0.717, 1.165) is 35.6 Å². The van der Waals surface area contributed by atoms with Crippen molar-refractivity contribution in [3.05, 3.63) is 89.5 Å². The fraction of sp³-hybridized carbons (Fsp3) is 0.258. The lowest BCUT2D eigenvalue weighted by Gasteiger charge is -2.18. The van der Waals surface area contributed by atoms with E-state index in [4.69, 9.17) is 24.3 Å². The van der Waals surface area contributed by atoms with E-state index in [1.54, 1.807) is 24.3 Å². The lowest BCUT2D eigenvalue weighted by atomic mass is 9.99. The number of ether oxygens (including phenoxy) is 2. The molecule has 4 N–H and O–H groups in total. The quantitative estimate of drug-likeness (QED) is 0.0946. The van der Waals surface area contributed by atoms with Gasteiger partial charge in [-0.2, -0.15) is 16.8 Å². The predicted molar refractivity (Wildman–Crippen MR) is 169 cm³/mol. The van der Waals surface area contributed by atoms with E-state index in [0.29, 0.717) is 23.6 Å². The molecular formula is C31H36N2O9S2. The number of fused-ring (bicyclic) bond motifs is 1. The first-order chi connectivity index (χ1) is 20.5. The summed E-state index contributed by atoms with van der Waals surface area (Å²) in [6.45, 7) is 7.51. The zero-order valence-corrected chi connectivity index (χ0v) is 26.6. The lowest BCUT2D eigenvalue weighted by molar-refractivity contribution is 0.0734. The zero-order chi connectivity index (χ0) is 32.8. The predicted octanol–water partition coefficient (Wildman–Crippen LogP) is 5.19. The van der Waals surface area contributed by atoms with Gasteiger partial charge in [0.05, 0.1) is 5.56 Å². The number of hydrogen-bond donors (Lipinski definition) is 3. The molecule has 0 saturated heterocycles. The number of rotatable bonds is 9. The van der Waals surface area contributed by atoms with Gasteiger partial charge in [-0.25, -0.2) is 4.79 Å². The van der Waals surface area contributed by atoms with E-state index in [9.17, 15) is 21.6 Å². The van der Waals surface area contributed by atoms with Gasteiger partial charge < -0.3 is 20.1 Å². The monoisotopic (exact) mass is 644 g/mol. The maximum absolute atomic E-state index is 12.5. The number of carbonyl (C=O) groups excluding carboxylic acids is 1. The zero-order valence-electron chi connectivity index (χ0n) is 25.0. The molecule has 0 heterocycles. The fourth-order valence-corrected chi connectivity index (χ4v) is 5.65. The SMILES string of the molecule is Cc1cc(OCCN(C)C)c(C(C)C)cc1OC(=O)c1ccccc1N.O=S(=O)(O)c1cccc2c(S(=O)(=O)O)cccc12. The van der Waals surface area contributed by atoms with Crippen molar-refractivity contribution in [2.75, 3.05) is 33.0 Å². The number of anilines is 1. The normalized spacial score (nSPS) is 11.8. The van der Waals surface area contributed by atoms with Crippen molar-refractivity contribution in [3.8, 4) is 11.5 Å². The Labute approximate surface area is 257 Å². The third-order valence-electron chi connectivity index (χ3n) is 6.51. The molecule has 0 aliphatic carbocycles. The van der Waals surface area contributed by atoms with Crippen LogP contribution >= 0.6 is 0 Å². The van der Waals surface area contributed by atoms with Crippen LogP contribution in [0.5, 0.6) is 11.5 Å². The first-order valence-corrected chi connectivity index (χ1v) is 16.3. The van der Waals surface area contributed by atoms with Crippen molar-refractivity contribution in [2.24, 2.45) is 0 Å². The van der Waals surface area contributed by atoms with Crippen LogP contribution in [0.3, 0.4) is 0 Å². The Hall–Kier alpha value is -4.01. The van der Waals surface area contributed by atoms with E-state index in [1.807, 2.05) is 33.2 Å². The van der Waals surface area contributed by atoms with Crippen LogP contribution in [0.4, 0.5) is 5.69 Å². The van der Waals surface area contributed by atoms with Crippen LogP contribution in [0.15, 0.2) is 82.6 Å². The summed E-state index contributed by atoms with van der Waals surface area (Å²) in [5, 5.41) is 0.0465. The number of aryl methyl sites for hydroxylation is 1. The summed E-state index contributed by atoms with van der Waals surface area (Å²) in [6, 6.07) is 18.2. The molecule has 0 aromatic heterocycles. The van der Waals surface area contributed by atoms with Gasteiger partial charge in [-0.05, 0) is 68.9 Å². The molecule has 4 rings (SSSR count). The molecule has 0 amide bonds. The van der Waals surface area contributed by atoms with E-state index in [1.165, 1.54) is 24.3 Å². The molecule has 0 saturated carbocycles. The summed E-state index contributed by atoms with van der Waals surface area (Å²) in [5.41, 5.74) is 8.50. The first kappa shape index (κ1) is 34.5. The van der Waals surface area contributed by atoms with Gasteiger partial charge in [0.1, 0.15) is 27.9 Å². The number of benzene rings is 4. The molecule has 44 heavy (non-hydrogen) atoms. The minimum Gasteiger partial charge on any atom is -0.492 e. The molecule has 4 aromatic rings. The third kappa shape index (κ3) is 8.77. The number of nitrogens with zero attached hydrogens (tertiary/aromatic N) is 1. The van der Waals surface area contributed by atoms with Gasteiger partial charge in [-0.15, -0.1) is 0 Å². The van der Waals surface area contributed by atoms with Crippen molar-refractivity contribution >= 4 is 42.7 Å². The molecule has 0 fully saturated rings. The average Bonchev–Trinajstić information content (AvgIpc) is 2.92. The van der Waals surface area contributed by atoms with Gasteiger partial charge in [-0.3, -0.25) is 9.11 Å². The van der Waals surface area contributed by atoms with E-state index < -0.39 is 36.0 Å². The lowest BCUT2D eigenvalue weighted by Crippen LogP contribution is -2.20. The Morgan fingerprint density at radius 1 is 0.841 bits per heavy atom. The van der Waals surface area contributed by atoms with Crippen molar-refractivity contribution in [2.45, 2.75) is 36.5 Å². The molecule has 0 bridgehead atoms. The van der Waals surface area contributed by atoms with Crippen molar-refractivity contribution in [1.82, 2.24) is 4.90 Å². The summed E-state index contributed by atoms with van der Waals surface area (Å²) < 4.78 is 74.3. The van der Waals surface area contributed by atoms with Crippen LogP contribution in [0.1, 0.15) is 41.3 Å². The van der Waals surface area contributed by atoms with Crippen molar-refractivity contribution < 1.29 is 40.2 Å². The van der Waals surface area contributed by atoms with Gasteiger partial charge in [-0.1, -0.05) is 50.2 Å². The molecule has 0 radical (unpaired) electrons. The van der Waals surface area contributed by atoms with Gasteiger partial charge in [0.25, 0.3) is 20.2 Å². The summed E-state index contributed by atoms with van der Waals surface area (Å²) in [7, 11) is -4.92. The standard InChI is InChI=1S/C21H28N2O3.C10H8O6S2/c1-14(2)17-13-19(15(3)12-20(17)25-11-10-23(4)5)26-21(24)16-8-6-7-9-18(16)22;11-17(12,13)9-5-1-3-7-8(9)4-2-6-10(7)18(14,15)16/h6-9,12-14H,10-11,22H2,1-5H3;1-6H,(H,11,12,13)(H,14,15,16). The largest absolute Gasteiger partial charge is 0.492 e. The second-order valence-electron chi connectivity index (χ2n) is 10.5. The Balaban J connectivity index is 0.000000257. The highest BCUT2D eigenvalue weighted by molar-refractivity contribution is 7.86.